The van der Waals surface area contributed by atoms with Gasteiger partial charge in [-0.3, -0.25) is 0 Å². The van der Waals surface area contributed by atoms with Crippen molar-refractivity contribution in [2.45, 2.75) is 71.6 Å². The van der Waals surface area contributed by atoms with Crippen molar-refractivity contribution in [3.8, 4) is 38.5 Å². The molecular weight excluding hydrogens is 838 g/mol. The molecule has 0 fully saturated rings. The average Bonchev–Trinajstić information content (AvgIpc) is 4.05. The Morgan fingerprint density at radius 3 is 2.09 bits per heavy atom. The lowest BCUT2D eigenvalue weighted by Crippen LogP contribution is -2.60. The molecule has 6 heteroatoms. The zero-order chi connectivity index (χ0) is 44.8. The van der Waals surface area contributed by atoms with Gasteiger partial charge in [0.1, 0.15) is 5.01 Å². The summed E-state index contributed by atoms with van der Waals surface area (Å²) in [6.07, 6.45) is 0. The van der Waals surface area contributed by atoms with E-state index in [0.717, 1.165) is 16.1 Å². The largest absolute Gasteiger partial charge is 0.376 e. The number of benzene rings is 8. The van der Waals surface area contributed by atoms with Gasteiger partial charge < -0.3 is 9.38 Å². The lowest BCUT2D eigenvalue weighted by molar-refractivity contribution is 0.590. The van der Waals surface area contributed by atoms with Crippen molar-refractivity contribution in [1.29, 1.82) is 0 Å². The monoisotopic (exact) mass is 885 g/mol. The topological polar surface area (TPSA) is 21.1 Å². The van der Waals surface area contributed by atoms with Crippen LogP contribution in [0.1, 0.15) is 77.6 Å². The highest BCUT2D eigenvalue weighted by Crippen LogP contribution is 2.60. The first-order valence-corrected chi connectivity index (χ1v) is 25.0. The summed E-state index contributed by atoms with van der Waals surface area (Å²) in [5, 5.41) is 6.42. The maximum Gasteiger partial charge on any atom is 0.333 e. The first-order valence-electron chi connectivity index (χ1n) is 23.4. The number of thiophene rings is 1. The zero-order valence-corrected chi connectivity index (χ0v) is 40.2. The molecule has 3 nitrogen and oxygen atoms in total. The quantitative estimate of drug-likeness (QED) is 0.161. The molecule has 0 saturated heterocycles. The molecular formula is C60H48BN3S2. The van der Waals surface area contributed by atoms with Crippen LogP contribution in [0.2, 0.25) is 0 Å². The number of nitrogens with zero attached hydrogens (tertiary/aromatic N) is 3. The van der Waals surface area contributed by atoms with Crippen LogP contribution in [0, 0.1) is 0 Å². The number of fused-ring (bicyclic) bond motifs is 17. The number of hydrogen-bond donors (Lipinski definition) is 0. The van der Waals surface area contributed by atoms with E-state index in [9.17, 15) is 0 Å². The second-order valence-corrected chi connectivity index (χ2v) is 23.7. The van der Waals surface area contributed by atoms with Crippen molar-refractivity contribution >= 4 is 104 Å². The fourth-order valence-electron chi connectivity index (χ4n) is 12.1. The SMILES string of the molecule is CC(C)(C)c1ccc(N2B3c4cc5nc(-c6ccccc6)sc5cc4-n4c5ccc(C(C)(C)C)cc5c5c6c(c(c3c54)-c3cc4sc5ccccc5c4cc32)-c2ccccc2C6(C)C)cc1. The molecule has 0 unspecified atom stereocenters. The van der Waals surface area contributed by atoms with E-state index < -0.39 is 0 Å². The fraction of sp³-hybridized carbons (Fsp3) is 0.183. The first-order chi connectivity index (χ1) is 31.8. The molecule has 11 aromatic rings. The fourth-order valence-corrected chi connectivity index (χ4v) is 14.2. The number of hydrogen-bond acceptors (Lipinski definition) is 4. The van der Waals surface area contributed by atoms with Gasteiger partial charge in [-0.15, -0.1) is 22.7 Å². The predicted molar refractivity (Wildman–Crippen MR) is 286 cm³/mol. The predicted octanol–water partition coefficient (Wildman–Crippen LogP) is 15.6. The van der Waals surface area contributed by atoms with Crippen molar-refractivity contribution in [3.05, 3.63) is 168 Å². The minimum atomic E-state index is -0.248. The third kappa shape index (κ3) is 5.07. The summed E-state index contributed by atoms with van der Waals surface area (Å²) in [5.74, 6) is 0. The van der Waals surface area contributed by atoms with Crippen LogP contribution in [0.15, 0.2) is 146 Å². The van der Waals surface area contributed by atoms with Crippen LogP contribution < -0.4 is 15.7 Å². The maximum atomic E-state index is 5.44. The van der Waals surface area contributed by atoms with Crippen molar-refractivity contribution in [2.75, 3.05) is 4.81 Å². The molecule has 0 spiro atoms. The summed E-state index contributed by atoms with van der Waals surface area (Å²) in [7, 11) is 0. The summed E-state index contributed by atoms with van der Waals surface area (Å²) in [4.78, 5) is 8.15. The highest BCUT2D eigenvalue weighted by atomic mass is 32.1. The van der Waals surface area contributed by atoms with Gasteiger partial charge >= 0.3 is 6.85 Å². The molecule has 14 rings (SSSR count). The maximum absolute atomic E-state index is 5.44. The number of rotatable bonds is 2. The van der Waals surface area contributed by atoms with Crippen LogP contribution in [0.4, 0.5) is 11.4 Å². The van der Waals surface area contributed by atoms with Gasteiger partial charge in [0.25, 0.3) is 0 Å². The molecule has 5 heterocycles. The summed E-state index contributed by atoms with van der Waals surface area (Å²) >= 11 is 3.72. The summed E-state index contributed by atoms with van der Waals surface area (Å²) < 4.78 is 6.53. The Balaban J connectivity index is 1.22. The van der Waals surface area contributed by atoms with E-state index in [-0.39, 0.29) is 23.1 Å². The summed E-state index contributed by atoms with van der Waals surface area (Å²) in [6.45, 7) is 18.8. The van der Waals surface area contributed by atoms with Gasteiger partial charge in [0.2, 0.25) is 0 Å². The zero-order valence-electron chi connectivity index (χ0n) is 38.6. The highest BCUT2D eigenvalue weighted by molar-refractivity contribution is 7.26. The van der Waals surface area contributed by atoms with Gasteiger partial charge in [-0.2, -0.15) is 0 Å². The van der Waals surface area contributed by atoms with E-state index in [1.165, 1.54) is 119 Å². The van der Waals surface area contributed by atoms with E-state index in [4.69, 9.17) is 4.98 Å². The molecule has 0 N–H and O–H groups in total. The number of thiazole rings is 1. The molecule has 8 aromatic carbocycles. The molecule has 0 atom stereocenters. The van der Waals surface area contributed by atoms with Crippen LogP contribution in [0.3, 0.4) is 0 Å². The van der Waals surface area contributed by atoms with Crippen LogP contribution >= 0.6 is 22.7 Å². The van der Waals surface area contributed by atoms with E-state index in [2.05, 4.69) is 210 Å². The van der Waals surface area contributed by atoms with Gasteiger partial charge in [-0.1, -0.05) is 146 Å². The minimum Gasteiger partial charge on any atom is -0.376 e. The molecule has 3 aromatic heterocycles. The molecule has 66 heavy (non-hydrogen) atoms. The second kappa shape index (κ2) is 12.9. The number of anilines is 2. The molecule has 3 aliphatic rings. The Morgan fingerprint density at radius 1 is 0.576 bits per heavy atom. The Morgan fingerprint density at radius 2 is 1.30 bits per heavy atom. The molecule has 0 bridgehead atoms. The van der Waals surface area contributed by atoms with E-state index in [0.29, 0.717) is 0 Å². The van der Waals surface area contributed by atoms with Crippen LogP contribution in [-0.2, 0) is 16.2 Å². The van der Waals surface area contributed by atoms with Gasteiger partial charge in [-0.05, 0) is 115 Å². The van der Waals surface area contributed by atoms with Crippen LogP contribution in [0.5, 0.6) is 0 Å². The Bertz CT molecular complexity index is 3930. The summed E-state index contributed by atoms with van der Waals surface area (Å²) in [6, 6.07) is 55.9. The van der Waals surface area contributed by atoms with Gasteiger partial charge in [0.15, 0.2) is 0 Å². The third-order valence-electron chi connectivity index (χ3n) is 15.3. The standard InChI is InChI=1S/C60H48BN3S2/c1-58(2,3)34-22-25-36(26-23-34)64-46-29-39-37-18-13-15-21-48(37)65-49(39)30-41(46)52-51-38-19-12-14-20-42(38)60(7,8)54(51)53-40-28-35(59(4,5)6)24-27-45(40)63-47-32-50-44(31-43(47)61(64)55(52)56(53)63)62-57(66-50)33-16-10-9-11-17-33/h9-32H,1-8H3. The molecule has 2 aliphatic heterocycles. The molecule has 0 radical (unpaired) electrons. The smallest absolute Gasteiger partial charge is 0.333 e. The Labute approximate surface area is 394 Å². The minimum absolute atomic E-state index is 0.0215. The van der Waals surface area contributed by atoms with Gasteiger partial charge in [-0.25, -0.2) is 4.98 Å². The van der Waals surface area contributed by atoms with Crippen LogP contribution in [-0.4, -0.2) is 16.4 Å². The molecule has 0 amide bonds. The van der Waals surface area contributed by atoms with Crippen molar-refractivity contribution in [3.63, 3.8) is 0 Å². The first kappa shape index (κ1) is 38.8. The second-order valence-electron chi connectivity index (χ2n) is 21.5. The van der Waals surface area contributed by atoms with E-state index in [1.54, 1.807) is 11.3 Å². The average molecular weight is 886 g/mol. The van der Waals surface area contributed by atoms with Crippen molar-refractivity contribution in [1.82, 2.24) is 9.55 Å². The third-order valence-corrected chi connectivity index (χ3v) is 17.5. The lowest BCUT2D eigenvalue weighted by Gasteiger charge is -2.43. The lowest BCUT2D eigenvalue weighted by atomic mass is 9.43. The van der Waals surface area contributed by atoms with E-state index in [1.807, 2.05) is 11.3 Å². The van der Waals surface area contributed by atoms with Crippen molar-refractivity contribution in [2.24, 2.45) is 0 Å². The molecule has 0 saturated carbocycles. The molecule has 1 aliphatic carbocycles. The molecule has 318 valence electrons. The van der Waals surface area contributed by atoms with Crippen LogP contribution in [0.25, 0.3) is 90.7 Å². The van der Waals surface area contributed by atoms with E-state index >= 15 is 0 Å². The normalized spacial score (nSPS) is 14.7. The van der Waals surface area contributed by atoms with Crippen molar-refractivity contribution < 1.29 is 0 Å². The Kier molecular flexibility index (Phi) is 7.58. The summed E-state index contributed by atoms with van der Waals surface area (Å²) in [5.41, 5.74) is 21.9. The Hall–Kier alpha value is -6.47. The number of aromatic nitrogens is 2. The highest BCUT2D eigenvalue weighted by Gasteiger charge is 2.50. The van der Waals surface area contributed by atoms with Gasteiger partial charge in [0.05, 0.1) is 21.3 Å². The van der Waals surface area contributed by atoms with Gasteiger partial charge in [0, 0.05) is 64.5 Å².